The lowest BCUT2D eigenvalue weighted by Gasteiger charge is -2.37. The summed E-state index contributed by atoms with van der Waals surface area (Å²) in [6.45, 7) is 9.71. The summed E-state index contributed by atoms with van der Waals surface area (Å²) in [5, 5.41) is 2.63. The Bertz CT molecular complexity index is 961. The first kappa shape index (κ1) is 19.6. The molecule has 2 aliphatic rings. The van der Waals surface area contributed by atoms with E-state index in [-0.39, 0.29) is 0 Å². The lowest BCUT2D eigenvalue weighted by atomic mass is 9.97. The molecule has 0 aliphatic carbocycles. The van der Waals surface area contributed by atoms with E-state index in [9.17, 15) is 0 Å². The Kier molecular flexibility index (Phi) is 5.67. The van der Waals surface area contributed by atoms with Gasteiger partial charge in [-0.05, 0) is 49.9 Å². The van der Waals surface area contributed by atoms with E-state index in [1.165, 1.54) is 27.6 Å². The maximum Gasteiger partial charge on any atom is 0.132 e. The molecule has 0 saturated carbocycles. The SMILES string of the molecule is C=N/C(=C1/CCN(c2cccc3cccc(C)c23)CC1=NC)N1CCC(N)CC1. The van der Waals surface area contributed by atoms with Crippen LogP contribution in [-0.2, 0) is 0 Å². The predicted molar refractivity (Wildman–Crippen MR) is 124 cm³/mol. The first-order valence-electron chi connectivity index (χ1n) is 10.5. The van der Waals surface area contributed by atoms with Gasteiger partial charge in [0, 0.05) is 49.4 Å². The largest absolute Gasteiger partial charge is 0.365 e. The molecule has 2 aromatic carbocycles. The van der Waals surface area contributed by atoms with Gasteiger partial charge in [-0.15, -0.1) is 0 Å². The van der Waals surface area contributed by atoms with Crippen LogP contribution >= 0.6 is 0 Å². The fourth-order valence-corrected chi connectivity index (χ4v) is 4.67. The van der Waals surface area contributed by atoms with Crippen molar-refractivity contribution in [1.82, 2.24) is 4.90 Å². The van der Waals surface area contributed by atoms with Crippen molar-refractivity contribution in [2.75, 3.05) is 38.1 Å². The van der Waals surface area contributed by atoms with E-state index in [1.807, 2.05) is 7.05 Å². The third kappa shape index (κ3) is 3.79. The van der Waals surface area contributed by atoms with Crippen molar-refractivity contribution >= 4 is 28.9 Å². The van der Waals surface area contributed by atoms with Gasteiger partial charge in [-0.3, -0.25) is 4.99 Å². The molecule has 2 N–H and O–H groups in total. The van der Waals surface area contributed by atoms with E-state index in [4.69, 9.17) is 5.73 Å². The van der Waals surface area contributed by atoms with Crippen LogP contribution in [0.1, 0.15) is 24.8 Å². The van der Waals surface area contributed by atoms with Crippen LogP contribution in [0.3, 0.4) is 0 Å². The lowest BCUT2D eigenvalue weighted by Crippen LogP contribution is -2.42. The van der Waals surface area contributed by atoms with Crippen LogP contribution in [0.4, 0.5) is 5.69 Å². The molecule has 152 valence electrons. The molecule has 0 atom stereocenters. The zero-order valence-electron chi connectivity index (χ0n) is 17.6. The first-order chi connectivity index (χ1) is 14.1. The molecule has 0 bridgehead atoms. The molecule has 0 radical (unpaired) electrons. The number of hydrogen-bond donors (Lipinski definition) is 1. The van der Waals surface area contributed by atoms with Gasteiger partial charge in [0.05, 0.1) is 12.3 Å². The summed E-state index contributed by atoms with van der Waals surface area (Å²) >= 11 is 0. The van der Waals surface area contributed by atoms with Crippen LogP contribution in [0.2, 0.25) is 0 Å². The molecule has 2 aliphatic heterocycles. The zero-order valence-corrected chi connectivity index (χ0v) is 17.6. The summed E-state index contributed by atoms with van der Waals surface area (Å²) in [7, 11) is 1.89. The van der Waals surface area contributed by atoms with Crippen molar-refractivity contribution in [3.63, 3.8) is 0 Å². The molecule has 0 amide bonds. The standard InChI is InChI=1S/C24H31N5/c1-17-6-4-7-18-8-5-9-22(23(17)18)29-15-12-20(21(16-29)26-2)24(27-3)28-13-10-19(25)11-14-28/h4-9,19H,3,10-16,25H2,1-2H3/b24-20+,26-21?. The molecule has 4 rings (SSSR count). The molecule has 0 aromatic heterocycles. The summed E-state index contributed by atoms with van der Waals surface area (Å²) < 4.78 is 0. The maximum absolute atomic E-state index is 6.09. The fraction of sp³-hybridized carbons (Fsp3) is 0.417. The van der Waals surface area contributed by atoms with Crippen LogP contribution < -0.4 is 10.6 Å². The third-order valence-corrected chi connectivity index (χ3v) is 6.28. The zero-order chi connectivity index (χ0) is 20.4. The number of aliphatic imine (C=N–C) groups is 2. The van der Waals surface area contributed by atoms with E-state index in [0.29, 0.717) is 6.04 Å². The van der Waals surface area contributed by atoms with Gasteiger partial charge in [-0.25, -0.2) is 4.99 Å². The number of nitrogens with two attached hydrogens (primary N) is 1. The molecule has 5 nitrogen and oxygen atoms in total. The van der Waals surface area contributed by atoms with Crippen molar-refractivity contribution in [2.24, 2.45) is 15.7 Å². The highest BCUT2D eigenvalue weighted by Gasteiger charge is 2.27. The number of hydrogen-bond acceptors (Lipinski definition) is 5. The van der Waals surface area contributed by atoms with Crippen LogP contribution in [0.15, 0.2) is 57.8 Å². The number of fused-ring (bicyclic) bond motifs is 1. The molecule has 0 unspecified atom stereocenters. The molecule has 2 saturated heterocycles. The van der Waals surface area contributed by atoms with Gasteiger partial charge in [-0.1, -0.05) is 30.3 Å². The normalized spacial score (nSPS) is 21.7. The lowest BCUT2D eigenvalue weighted by molar-refractivity contribution is 0.260. The summed E-state index contributed by atoms with van der Waals surface area (Å²) in [4.78, 5) is 13.9. The average molecular weight is 390 g/mol. The molecular formula is C24H31N5. The highest BCUT2D eigenvalue weighted by molar-refractivity contribution is 6.06. The Balaban J connectivity index is 1.65. The smallest absolute Gasteiger partial charge is 0.132 e. The van der Waals surface area contributed by atoms with Gasteiger partial charge in [0.25, 0.3) is 0 Å². The first-order valence-corrected chi connectivity index (χ1v) is 10.5. The van der Waals surface area contributed by atoms with Gasteiger partial charge in [0.2, 0.25) is 0 Å². The quantitative estimate of drug-likeness (QED) is 0.813. The van der Waals surface area contributed by atoms with E-state index in [1.54, 1.807) is 0 Å². The molecular weight excluding hydrogens is 358 g/mol. The van der Waals surface area contributed by atoms with Gasteiger partial charge >= 0.3 is 0 Å². The molecule has 0 spiro atoms. The van der Waals surface area contributed by atoms with E-state index in [2.05, 4.69) is 69.8 Å². The monoisotopic (exact) mass is 389 g/mol. The Labute approximate surface area is 173 Å². The maximum atomic E-state index is 6.09. The Morgan fingerprint density at radius 3 is 2.52 bits per heavy atom. The summed E-state index contributed by atoms with van der Waals surface area (Å²) in [6.07, 6.45) is 2.93. The predicted octanol–water partition coefficient (Wildman–Crippen LogP) is 3.76. The van der Waals surface area contributed by atoms with Gasteiger partial charge in [-0.2, -0.15) is 0 Å². The van der Waals surface area contributed by atoms with Crippen LogP contribution in [0.25, 0.3) is 10.8 Å². The topological polar surface area (TPSA) is 57.2 Å². The van der Waals surface area contributed by atoms with Crippen LogP contribution in [0, 0.1) is 6.92 Å². The Morgan fingerprint density at radius 1 is 1.10 bits per heavy atom. The average Bonchev–Trinajstić information content (AvgIpc) is 2.75. The number of benzene rings is 2. The van der Waals surface area contributed by atoms with Crippen molar-refractivity contribution < 1.29 is 0 Å². The number of likely N-dealkylation sites (tertiary alicyclic amines) is 1. The number of piperidine rings is 2. The number of nitrogens with zero attached hydrogens (tertiary/aromatic N) is 4. The Morgan fingerprint density at radius 2 is 1.83 bits per heavy atom. The minimum Gasteiger partial charge on any atom is -0.365 e. The van der Waals surface area contributed by atoms with Crippen molar-refractivity contribution in [1.29, 1.82) is 0 Å². The van der Waals surface area contributed by atoms with E-state index >= 15 is 0 Å². The second-order valence-corrected chi connectivity index (χ2v) is 8.08. The van der Waals surface area contributed by atoms with Crippen LogP contribution in [-0.4, -0.2) is 56.6 Å². The highest BCUT2D eigenvalue weighted by atomic mass is 15.2. The second kappa shape index (κ2) is 8.37. The van der Waals surface area contributed by atoms with E-state index in [0.717, 1.165) is 57.0 Å². The van der Waals surface area contributed by atoms with Gasteiger partial charge < -0.3 is 15.5 Å². The van der Waals surface area contributed by atoms with Gasteiger partial charge in [0.15, 0.2) is 0 Å². The molecule has 5 heteroatoms. The second-order valence-electron chi connectivity index (χ2n) is 8.08. The number of aryl methyl sites for hydroxylation is 1. The molecule has 2 heterocycles. The van der Waals surface area contributed by atoms with E-state index < -0.39 is 0 Å². The summed E-state index contributed by atoms with van der Waals surface area (Å²) in [5.41, 5.74) is 11.0. The Hall–Kier alpha value is -2.66. The highest BCUT2D eigenvalue weighted by Crippen LogP contribution is 2.33. The molecule has 2 fully saturated rings. The number of rotatable bonds is 3. The van der Waals surface area contributed by atoms with Crippen molar-refractivity contribution in [2.45, 2.75) is 32.2 Å². The summed E-state index contributed by atoms with van der Waals surface area (Å²) in [6, 6.07) is 13.4. The number of anilines is 1. The fourth-order valence-electron chi connectivity index (χ4n) is 4.67. The minimum absolute atomic E-state index is 0.304. The van der Waals surface area contributed by atoms with Crippen molar-refractivity contribution in [3.8, 4) is 0 Å². The van der Waals surface area contributed by atoms with Crippen LogP contribution in [0.5, 0.6) is 0 Å². The third-order valence-electron chi connectivity index (χ3n) is 6.28. The van der Waals surface area contributed by atoms with Crippen molar-refractivity contribution in [3.05, 3.63) is 53.4 Å². The molecule has 29 heavy (non-hydrogen) atoms. The minimum atomic E-state index is 0.304. The van der Waals surface area contributed by atoms with Gasteiger partial charge in [0.1, 0.15) is 5.82 Å². The summed E-state index contributed by atoms with van der Waals surface area (Å²) in [5.74, 6) is 1.01. The molecule has 2 aromatic rings.